The van der Waals surface area contributed by atoms with Crippen LogP contribution in [0.15, 0.2) is 0 Å². The predicted octanol–water partition coefficient (Wildman–Crippen LogP) is -0.519. The maximum absolute atomic E-state index is 12.0. The molecule has 0 spiro atoms. The smallest absolute Gasteiger partial charge is 0.334 e. The van der Waals surface area contributed by atoms with Crippen molar-refractivity contribution in [2.24, 2.45) is 0 Å². The van der Waals surface area contributed by atoms with Gasteiger partial charge in [-0.15, -0.1) is 5.06 Å². The van der Waals surface area contributed by atoms with Crippen molar-refractivity contribution in [3.63, 3.8) is 0 Å². The third kappa shape index (κ3) is 6.59. The van der Waals surface area contributed by atoms with Crippen LogP contribution in [0.3, 0.4) is 0 Å². The molecule has 0 aliphatic carbocycles. The average molecular weight is 405 g/mol. The summed E-state index contributed by atoms with van der Waals surface area (Å²) >= 11 is 0. The molecule has 28 heavy (non-hydrogen) atoms. The number of imide groups is 1. The Labute approximate surface area is 165 Å². The van der Waals surface area contributed by atoms with E-state index >= 15 is 0 Å². The van der Waals surface area contributed by atoms with Gasteiger partial charge in [-0.25, -0.2) is 4.79 Å². The van der Waals surface area contributed by atoms with E-state index in [0.717, 1.165) is 25.8 Å². The van der Waals surface area contributed by atoms with Gasteiger partial charge in [0.2, 0.25) is 11.8 Å². The minimum absolute atomic E-state index is 0.00438. The van der Waals surface area contributed by atoms with E-state index in [-0.39, 0.29) is 63.2 Å². The number of amides is 4. The number of hydrogen-bond donors (Lipinski definition) is 2. The molecule has 0 saturated carbocycles. The van der Waals surface area contributed by atoms with Gasteiger partial charge in [-0.2, -0.15) is 0 Å². The first-order chi connectivity index (χ1) is 13.9. The zero-order valence-electron chi connectivity index (χ0n) is 16.9. The summed E-state index contributed by atoms with van der Waals surface area (Å²) in [5.74, 6) is -2.38. The highest BCUT2D eigenvalue weighted by atomic mass is 16.7. The third-order valence-electron chi connectivity index (χ3n) is 4.70. The van der Waals surface area contributed by atoms with Crippen LogP contribution in [0.4, 0.5) is 0 Å². The fourth-order valence-corrected chi connectivity index (χ4v) is 3.18. The molecular formula is C18H28N4O6. The van der Waals surface area contributed by atoms with Gasteiger partial charge in [-0.1, -0.05) is 6.90 Å². The molecule has 2 heterocycles. The van der Waals surface area contributed by atoms with E-state index in [1.165, 1.54) is 0 Å². The lowest BCUT2D eigenvalue weighted by molar-refractivity contribution is -0.197. The van der Waals surface area contributed by atoms with E-state index in [1.54, 1.807) is 0 Å². The monoisotopic (exact) mass is 405 g/mol. The molecular weight excluding hydrogens is 376 g/mol. The Morgan fingerprint density at radius 3 is 2.50 bits per heavy atom. The third-order valence-corrected chi connectivity index (χ3v) is 4.70. The summed E-state index contributed by atoms with van der Waals surface area (Å²) in [4.78, 5) is 64.9. The van der Waals surface area contributed by atoms with Crippen LogP contribution in [0.1, 0.15) is 53.2 Å². The van der Waals surface area contributed by atoms with Crippen molar-refractivity contribution in [3.05, 3.63) is 0 Å². The minimum atomic E-state index is -0.782. The number of nitrogens with zero attached hydrogens (tertiary/aromatic N) is 2. The molecule has 0 radical (unpaired) electrons. The maximum atomic E-state index is 12.0. The molecule has 2 saturated heterocycles. The molecule has 2 N–H and O–H groups in total. The first kappa shape index (κ1) is 20.2. The highest BCUT2D eigenvalue weighted by Gasteiger charge is 2.32. The molecule has 1 atom stereocenters. The lowest BCUT2D eigenvalue weighted by Crippen LogP contribution is -2.40. The minimum Gasteiger partial charge on any atom is -0.355 e. The van der Waals surface area contributed by atoms with Crippen LogP contribution >= 0.6 is 0 Å². The lowest BCUT2D eigenvalue weighted by atomic mass is 10.3. The van der Waals surface area contributed by atoms with Gasteiger partial charge in [0.25, 0.3) is 11.8 Å². The van der Waals surface area contributed by atoms with Crippen LogP contribution in [-0.2, 0) is 28.8 Å². The molecule has 1 unspecified atom stereocenters. The molecule has 2 aliphatic heterocycles. The molecule has 2 rings (SSSR count). The second kappa shape index (κ2) is 10.7. The van der Waals surface area contributed by atoms with Gasteiger partial charge < -0.3 is 15.5 Å². The van der Waals surface area contributed by atoms with Crippen LogP contribution in [0, 0.1) is 0 Å². The number of carbonyl (C=O) groups is 5. The Kier molecular flexibility index (Phi) is 7.77. The largest absolute Gasteiger partial charge is 0.355 e. The zero-order chi connectivity index (χ0) is 21.2. The summed E-state index contributed by atoms with van der Waals surface area (Å²) < 4.78 is 7.32. The summed E-state index contributed by atoms with van der Waals surface area (Å²) in [6.07, 6.45) is 2.74. The number of hydrogen-bond acceptors (Lipinski definition) is 7. The molecule has 0 aromatic heterocycles. The number of carbonyl (C=O) groups excluding carboxylic acids is 5. The lowest BCUT2D eigenvalue weighted by Gasteiger charge is -2.22. The summed E-state index contributed by atoms with van der Waals surface area (Å²) in [5.41, 5.74) is 0. The molecule has 2 aliphatic rings. The van der Waals surface area contributed by atoms with Gasteiger partial charge in [0, 0.05) is 39.8 Å². The van der Waals surface area contributed by atoms with E-state index < -0.39 is 17.8 Å². The zero-order valence-corrected chi connectivity index (χ0v) is 15.9. The summed E-state index contributed by atoms with van der Waals surface area (Å²) in [5, 5.41) is 5.69. The van der Waals surface area contributed by atoms with Gasteiger partial charge in [-0.3, -0.25) is 24.1 Å². The van der Waals surface area contributed by atoms with Crippen molar-refractivity contribution in [2.75, 3.05) is 26.2 Å². The van der Waals surface area contributed by atoms with Crippen LogP contribution in [0.25, 0.3) is 0 Å². The van der Waals surface area contributed by atoms with Crippen LogP contribution < -0.4 is 10.6 Å². The Morgan fingerprint density at radius 2 is 1.79 bits per heavy atom. The fourth-order valence-electron chi connectivity index (χ4n) is 3.18. The SMILES string of the molecule is [2H][13CH2][13CH2][13CH]1[13CH2][13CH2][13CH2][15N]1[13CH2]C(=O)NCCC(=O)NCCC(=O)ON1C(=O)CCC1=O. The molecule has 156 valence electrons. The number of hydroxylamine groups is 2. The number of nitrogens with one attached hydrogen (secondary N) is 2. The van der Waals surface area contributed by atoms with Crippen LogP contribution in [0.5, 0.6) is 0 Å². The Hall–Kier alpha value is -2.49. The van der Waals surface area contributed by atoms with E-state index in [4.69, 9.17) is 6.21 Å². The molecule has 10 heteroatoms. The Bertz CT molecular complexity index is 628. The van der Waals surface area contributed by atoms with E-state index in [2.05, 4.69) is 15.5 Å². The predicted molar refractivity (Wildman–Crippen MR) is 97.3 cm³/mol. The topological polar surface area (TPSA) is 125 Å². The second-order valence-corrected chi connectivity index (χ2v) is 6.80. The summed E-state index contributed by atoms with van der Waals surface area (Å²) in [6, 6.07) is 0.285. The van der Waals surface area contributed by atoms with Crippen LogP contribution in [-0.4, -0.2) is 71.8 Å². The van der Waals surface area contributed by atoms with Crippen molar-refractivity contribution in [2.45, 2.75) is 57.9 Å². The highest BCUT2D eigenvalue weighted by molar-refractivity contribution is 6.01. The maximum Gasteiger partial charge on any atom is 0.334 e. The van der Waals surface area contributed by atoms with Crippen molar-refractivity contribution in [1.82, 2.24) is 20.6 Å². The van der Waals surface area contributed by atoms with E-state index in [0.29, 0.717) is 12.0 Å². The molecule has 10 nitrogen and oxygen atoms in total. The molecule has 0 bridgehead atoms. The van der Waals surface area contributed by atoms with Gasteiger partial charge in [0.1, 0.15) is 0 Å². The first-order valence-electron chi connectivity index (χ1n) is 10.2. The summed E-state index contributed by atoms with van der Waals surface area (Å²) in [6.45, 7) is 1.66. The molecule has 0 aromatic rings. The van der Waals surface area contributed by atoms with Gasteiger partial charge in [-0.05, 0) is 25.8 Å². The van der Waals surface area contributed by atoms with E-state index in [9.17, 15) is 24.0 Å². The van der Waals surface area contributed by atoms with Crippen LogP contribution in [0.2, 0.25) is 0 Å². The van der Waals surface area contributed by atoms with Gasteiger partial charge in [0.05, 0.1) is 13.0 Å². The van der Waals surface area contributed by atoms with Crippen molar-refractivity contribution in [1.29, 1.82) is 0 Å². The second-order valence-electron chi connectivity index (χ2n) is 6.80. The highest BCUT2D eigenvalue weighted by Crippen LogP contribution is 2.18. The average Bonchev–Trinajstić information content (AvgIpc) is 3.23. The molecule has 0 aromatic carbocycles. The normalized spacial score (nSPS) is 20.2. The standard InChI is InChI=1S/C18H28N4O6/c1-2-13-4-3-11-21(13)12-15(24)20-9-7-14(23)19-10-8-18(27)28-22-16(25)5-6-17(22)26/h13H,2-12H2,1H3,(H,19,23)(H,20,24)/i1+1D,2+1,3+1,4+1,11+1,12+1,13+1,21+1. The Balaban J connectivity index is 1.54. The fraction of sp³-hybridized carbons (Fsp3) is 0.722. The summed E-state index contributed by atoms with van der Waals surface area (Å²) in [7, 11) is 0. The first-order valence-corrected chi connectivity index (χ1v) is 9.54. The van der Waals surface area contributed by atoms with Gasteiger partial charge in [0.15, 0.2) is 0 Å². The number of likely N-dealkylation sites (tertiary alicyclic amines) is 1. The Morgan fingerprint density at radius 1 is 1.11 bits per heavy atom. The molecule has 4 amide bonds. The van der Waals surface area contributed by atoms with Crippen molar-refractivity contribution in [3.8, 4) is 0 Å². The number of rotatable bonds is 10. The van der Waals surface area contributed by atoms with Gasteiger partial charge >= 0.3 is 5.97 Å². The van der Waals surface area contributed by atoms with E-state index in [1.807, 2.05) is 0 Å². The van der Waals surface area contributed by atoms with Crippen molar-refractivity contribution < 1.29 is 30.2 Å². The molecule has 2 fully saturated rings. The quantitative estimate of drug-likeness (QED) is 0.285. The van der Waals surface area contributed by atoms with Crippen molar-refractivity contribution >= 4 is 29.6 Å².